The predicted octanol–water partition coefficient (Wildman–Crippen LogP) is 4.41. The van der Waals surface area contributed by atoms with Crippen molar-refractivity contribution >= 4 is 23.4 Å². The normalized spacial score (nSPS) is 13.0. The molecule has 1 aliphatic heterocycles. The maximum atomic E-state index is 12.3. The van der Waals surface area contributed by atoms with Gasteiger partial charge in [-0.2, -0.15) is 0 Å². The van der Waals surface area contributed by atoms with E-state index in [9.17, 15) is 14.4 Å². The lowest BCUT2D eigenvalue weighted by molar-refractivity contribution is -0.116. The molecule has 0 spiro atoms. The molecular weight excluding hydrogens is 352 g/mol. The smallest absolute Gasteiger partial charge is 0.261 e. The topological polar surface area (TPSA) is 66.5 Å². The van der Waals surface area contributed by atoms with Gasteiger partial charge < -0.3 is 5.32 Å². The highest BCUT2D eigenvalue weighted by Crippen LogP contribution is 2.24. The fourth-order valence-corrected chi connectivity index (χ4v) is 3.75. The van der Waals surface area contributed by atoms with Crippen LogP contribution in [0.1, 0.15) is 63.1 Å². The number of benzene rings is 2. The second-order valence-electron chi connectivity index (χ2n) is 7.44. The van der Waals surface area contributed by atoms with E-state index in [4.69, 9.17) is 0 Å². The van der Waals surface area contributed by atoms with Crippen molar-refractivity contribution in [3.8, 4) is 0 Å². The third-order valence-electron chi connectivity index (χ3n) is 5.11. The zero-order valence-electron chi connectivity index (χ0n) is 16.7. The van der Waals surface area contributed by atoms with Crippen LogP contribution in [-0.2, 0) is 4.79 Å². The van der Waals surface area contributed by atoms with Crippen molar-refractivity contribution in [1.29, 1.82) is 0 Å². The number of nitrogens with one attached hydrogen (secondary N) is 1. The third-order valence-corrected chi connectivity index (χ3v) is 5.11. The molecule has 1 heterocycles. The maximum Gasteiger partial charge on any atom is 0.261 e. The second kappa shape index (κ2) is 8.38. The van der Waals surface area contributed by atoms with Gasteiger partial charge >= 0.3 is 0 Å². The Bertz CT molecular complexity index is 875. The quantitative estimate of drug-likeness (QED) is 0.573. The van der Waals surface area contributed by atoms with Gasteiger partial charge in [-0.25, -0.2) is 0 Å². The van der Waals surface area contributed by atoms with Gasteiger partial charge in [-0.1, -0.05) is 36.2 Å². The standard InChI is InChI=1S/C23H26N2O3/c1-15-13-16(2)21(17(3)14-15)24-20(26)11-5-4-8-12-25-22(27)18-9-6-7-10-19(18)23(25)28/h6-7,9-10,13-14H,4-5,8,11-12H2,1-3H3,(H,24,26). The van der Waals surface area contributed by atoms with Gasteiger partial charge in [0, 0.05) is 18.7 Å². The van der Waals surface area contributed by atoms with Crippen LogP contribution in [0.3, 0.4) is 0 Å². The molecule has 0 aromatic heterocycles. The van der Waals surface area contributed by atoms with Crippen molar-refractivity contribution in [2.75, 3.05) is 11.9 Å². The van der Waals surface area contributed by atoms with Gasteiger partial charge in [-0.15, -0.1) is 0 Å². The first-order chi connectivity index (χ1) is 13.4. The predicted molar refractivity (Wildman–Crippen MR) is 110 cm³/mol. The van der Waals surface area contributed by atoms with Crippen LogP contribution in [0.4, 0.5) is 5.69 Å². The van der Waals surface area contributed by atoms with Gasteiger partial charge in [0.05, 0.1) is 11.1 Å². The summed E-state index contributed by atoms with van der Waals surface area (Å²) >= 11 is 0. The number of hydrogen-bond acceptors (Lipinski definition) is 3. The number of rotatable bonds is 7. The van der Waals surface area contributed by atoms with Crippen LogP contribution in [-0.4, -0.2) is 29.2 Å². The molecule has 0 saturated heterocycles. The molecule has 0 radical (unpaired) electrons. The van der Waals surface area contributed by atoms with Crippen LogP contribution in [0.15, 0.2) is 36.4 Å². The van der Waals surface area contributed by atoms with E-state index in [2.05, 4.69) is 17.4 Å². The van der Waals surface area contributed by atoms with Crippen LogP contribution in [0.5, 0.6) is 0 Å². The number of fused-ring (bicyclic) bond motifs is 1. The molecule has 0 unspecified atom stereocenters. The summed E-state index contributed by atoms with van der Waals surface area (Å²) in [6.45, 7) is 6.43. The van der Waals surface area contributed by atoms with Gasteiger partial charge in [0.15, 0.2) is 0 Å². The Hall–Kier alpha value is -2.95. The van der Waals surface area contributed by atoms with Crippen LogP contribution >= 0.6 is 0 Å². The Morgan fingerprint density at radius 2 is 1.46 bits per heavy atom. The van der Waals surface area contributed by atoms with E-state index >= 15 is 0 Å². The van der Waals surface area contributed by atoms with E-state index < -0.39 is 0 Å². The summed E-state index contributed by atoms with van der Waals surface area (Å²) in [7, 11) is 0. The van der Waals surface area contributed by atoms with Crippen molar-refractivity contribution < 1.29 is 14.4 Å². The molecule has 0 saturated carbocycles. The molecule has 0 aliphatic carbocycles. The van der Waals surface area contributed by atoms with Crippen molar-refractivity contribution in [3.05, 3.63) is 64.2 Å². The summed E-state index contributed by atoms with van der Waals surface area (Å²) in [5, 5.41) is 3.01. The number of anilines is 1. The summed E-state index contributed by atoms with van der Waals surface area (Å²) < 4.78 is 0. The number of unbranched alkanes of at least 4 members (excludes halogenated alkanes) is 2. The lowest BCUT2D eigenvalue weighted by Crippen LogP contribution is -2.30. The van der Waals surface area contributed by atoms with Crippen molar-refractivity contribution in [3.63, 3.8) is 0 Å². The molecule has 1 aliphatic rings. The summed E-state index contributed by atoms with van der Waals surface area (Å²) in [5.74, 6) is -0.442. The van der Waals surface area contributed by atoms with Crippen molar-refractivity contribution in [1.82, 2.24) is 4.90 Å². The van der Waals surface area contributed by atoms with Gasteiger partial charge in [-0.05, 0) is 56.9 Å². The monoisotopic (exact) mass is 378 g/mol. The first-order valence-corrected chi connectivity index (χ1v) is 9.71. The fraction of sp³-hybridized carbons (Fsp3) is 0.348. The largest absolute Gasteiger partial charge is 0.326 e. The Morgan fingerprint density at radius 1 is 0.893 bits per heavy atom. The Morgan fingerprint density at radius 3 is 2.04 bits per heavy atom. The summed E-state index contributed by atoms with van der Waals surface area (Å²) in [4.78, 5) is 38.2. The molecule has 5 nitrogen and oxygen atoms in total. The van der Waals surface area contributed by atoms with Gasteiger partial charge in [0.25, 0.3) is 11.8 Å². The van der Waals surface area contributed by atoms with E-state index in [1.54, 1.807) is 24.3 Å². The van der Waals surface area contributed by atoms with E-state index in [1.165, 1.54) is 10.5 Å². The molecule has 2 aromatic carbocycles. The Kier molecular flexibility index (Phi) is 5.93. The van der Waals surface area contributed by atoms with Crippen LogP contribution in [0, 0.1) is 20.8 Å². The van der Waals surface area contributed by atoms with E-state index in [0.29, 0.717) is 30.5 Å². The lowest BCUT2D eigenvalue weighted by Gasteiger charge is -2.14. The van der Waals surface area contributed by atoms with E-state index in [1.807, 2.05) is 20.8 Å². The average molecular weight is 378 g/mol. The maximum absolute atomic E-state index is 12.3. The van der Waals surface area contributed by atoms with Gasteiger partial charge in [-0.3, -0.25) is 19.3 Å². The average Bonchev–Trinajstić information content (AvgIpc) is 2.89. The summed E-state index contributed by atoms with van der Waals surface area (Å²) in [5.41, 5.74) is 5.17. The molecule has 0 bridgehead atoms. The molecule has 5 heteroatoms. The molecular formula is C23H26N2O3. The zero-order valence-corrected chi connectivity index (χ0v) is 16.7. The van der Waals surface area contributed by atoms with E-state index in [-0.39, 0.29) is 17.7 Å². The van der Waals surface area contributed by atoms with Crippen molar-refractivity contribution in [2.45, 2.75) is 46.5 Å². The molecule has 3 rings (SSSR count). The lowest BCUT2D eigenvalue weighted by atomic mass is 10.0. The minimum absolute atomic E-state index is 0.00390. The second-order valence-corrected chi connectivity index (χ2v) is 7.44. The number of amides is 3. The highest BCUT2D eigenvalue weighted by atomic mass is 16.2. The summed E-state index contributed by atoms with van der Waals surface area (Å²) in [6.07, 6.45) is 2.63. The van der Waals surface area contributed by atoms with Crippen LogP contribution in [0.25, 0.3) is 0 Å². The number of aryl methyl sites for hydroxylation is 3. The van der Waals surface area contributed by atoms with E-state index in [0.717, 1.165) is 29.7 Å². The molecule has 2 aromatic rings. The highest BCUT2D eigenvalue weighted by molar-refractivity contribution is 6.21. The summed E-state index contributed by atoms with van der Waals surface area (Å²) in [6, 6.07) is 11.0. The highest BCUT2D eigenvalue weighted by Gasteiger charge is 2.34. The minimum Gasteiger partial charge on any atom is -0.326 e. The fourth-order valence-electron chi connectivity index (χ4n) is 3.75. The molecule has 0 fully saturated rings. The number of nitrogens with zero attached hydrogens (tertiary/aromatic N) is 1. The molecule has 1 N–H and O–H groups in total. The van der Waals surface area contributed by atoms with Crippen LogP contribution < -0.4 is 5.32 Å². The molecule has 0 atom stereocenters. The Labute approximate surface area is 165 Å². The molecule has 3 amide bonds. The number of imide groups is 1. The zero-order chi connectivity index (χ0) is 20.3. The number of carbonyl (C=O) groups is 3. The third kappa shape index (κ3) is 4.14. The van der Waals surface area contributed by atoms with Crippen molar-refractivity contribution in [2.24, 2.45) is 0 Å². The minimum atomic E-state index is -0.219. The van der Waals surface area contributed by atoms with Gasteiger partial charge in [0.1, 0.15) is 0 Å². The first-order valence-electron chi connectivity index (χ1n) is 9.71. The van der Waals surface area contributed by atoms with Gasteiger partial charge in [0.2, 0.25) is 5.91 Å². The number of hydrogen-bond donors (Lipinski definition) is 1. The first kappa shape index (κ1) is 19.8. The molecule has 28 heavy (non-hydrogen) atoms. The number of carbonyl (C=O) groups excluding carboxylic acids is 3. The Balaban J connectivity index is 1.43. The molecule has 146 valence electrons. The van der Waals surface area contributed by atoms with Crippen LogP contribution in [0.2, 0.25) is 0 Å². The SMILES string of the molecule is Cc1cc(C)c(NC(=O)CCCCCN2C(=O)c3ccccc3C2=O)c(C)c1.